The molecule has 0 amide bonds. The van der Waals surface area contributed by atoms with E-state index in [-0.39, 0.29) is 23.5 Å². The Morgan fingerprint density at radius 2 is 1.89 bits per heavy atom. The van der Waals surface area contributed by atoms with Gasteiger partial charge in [0.15, 0.2) is 5.69 Å². The predicted octanol–water partition coefficient (Wildman–Crippen LogP) is 3.48. The zero-order valence-electron chi connectivity index (χ0n) is 15.3. The van der Waals surface area contributed by atoms with Crippen molar-refractivity contribution in [3.63, 3.8) is 0 Å². The topological polar surface area (TPSA) is 92.4 Å². The van der Waals surface area contributed by atoms with E-state index >= 15 is 0 Å². The summed E-state index contributed by atoms with van der Waals surface area (Å²) in [4.78, 5) is 28.6. The Bertz CT molecular complexity index is 1050. The largest absolute Gasteiger partial charge is 0.618 e. The SMILES string of the molecule is CCOc1ccc2nc(COC(=O)c3ccc(Cl)cc3)c(C(C)=O)[n+]([O-])c2c1. The lowest BCUT2D eigenvalue weighted by atomic mass is 10.2. The van der Waals surface area contributed by atoms with Crippen LogP contribution in [0.25, 0.3) is 11.0 Å². The molecule has 0 saturated heterocycles. The van der Waals surface area contributed by atoms with E-state index in [2.05, 4.69) is 4.98 Å². The number of halogens is 1. The van der Waals surface area contributed by atoms with Gasteiger partial charge < -0.3 is 14.7 Å². The Hall–Kier alpha value is -3.19. The van der Waals surface area contributed by atoms with Crippen LogP contribution in [0.15, 0.2) is 42.5 Å². The minimum absolute atomic E-state index is 0.0847. The molecule has 0 aliphatic carbocycles. The van der Waals surface area contributed by atoms with Crippen molar-refractivity contribution in [3.05, 3.63) is 69.6 Å². The first-order valence-corrected chi connectivity index (χ1v) is 8.91. The van der Waals surface area contributed by atoms with Crippen LogP contribution in [0.2, 0.25) is 5.02 Å². The molecule has 8 heteroatoms. The Balaban J connectivity index is 1.94. The summed E-state index contributed by atoms with van der Waals surface area (Å²) < 4.78 is 11.1. The van der Waals surface area contributed by atoms with Crippen LogP contribution in [-0.2, 0) is 11.3 Å². The monoisotopic (exact) mass is 400 g/mol. The van der Waals surface area contributed by atoms with Crippen LogP contribution in [0.4, 0.5) is 0 Å². The molecule has 144 valence electrons. The second-order valence-corrected chi connectivity index (χ2v) is 6.36. The molecule has 0 N–H and O–H groups in total. The highest BCUT2D eigenvalue weighted by Gasteiger charge is 2.24. The average Bonchev–Trinajstić information content (AvgIpc) is 2.67. The van der Waals surface area contributed by atoms with Crippen molar-refractivity contribution in [2.45, 2.75) is 20.5 Å². The van der Waals surface area contributed by atoms with E-state index in [4.69, 9.17) is 21.1 Å². The Kier molecular flexibility index (Phi) is 5.75. The first kappa shape index (κ1) is 19.6. The lowest BCUT2D eigenvalue weighted by Crippen LogP contribution is -2.37. The maximum atomic E-state index is 12.7. The van der Waals surface area contributed by atoms with E-state index < -0.39 is 11.8 Å². The third-order valence-corrected chi connectivity index (χ3v) is 4.21. The molecule has 2 aromatic carbocycles. The number of aromatic nitrogens is 2. The molecule has 3 rings (SSSR count). The molecule has 0 unspecified atom stereocenters. The number of esters is 1. The maximum Gasteiger partial charge on any atom is 0.338 e. The molecular weight excluding hydrogens is 384 g/mol. The molecule has 0 radical (unpaired) electrons. The number of nitrogens with zero attached hydrogens (tertiary/aromatic N) is 2. The highest BCUT2D eigenvalue weighted by atomic mass is 35.5. The molecule has 1 aromatic heterocycles. The lowest BCUT2D eigenvalue weighted by Gasteiger charge is -2.11. The van der Waals surface area contributed by atoms with Gasteiger partial charge in [-0.25, -0.2) is 9.78 Å². The molecule has 1 heterocycles. The van der Waals surface area contributed by atoms with Crippen molar-refractivity contribution in [2.24, 2.45) is 0 Å². The smallest absolute Gasteiger partial charge is 0.338 e. The van der Waals surface area contributed by atoms with Crippen LogP contribution in [0.3, 0.4) is 0 Å². The van der Waals surface area contributed by atoms with Crippen LogP contribution < -0.4 is 9.47 Å². The van der Waals surface area contributed by atoms with Crippen molar-refractivity contribution < 1.29 is 23.8 Å². The first-order chi connectivity index (χ1) is 13.4. The number of Topliss-reactive ketones (excluding diaryl/α,β-unsaturated/α-hetero) is 1. The zero-order valence-corrected chi connectivity index (χ0v) is 16.0. The highest BCUT2D eigenvalue weighted by Crippen LogP contribution is 2.20. The van der Waals surface area contributed by atoms with Gasteiger partial charge in [0, 0.05) is 11.9 Å². The van der Waals surface area contributed by atoms with Gasteiger partial charge in [-0.3, -0.25) is 4.79 Å². The van der Waals surface area contributed by atoms with Gasteiger partial charge in [-0.1, -0.05) is 11.6 Å². The third kappa shape index (κ3) is 4.04. The number of carbonyl (C=O) groups is 2. The number of hydrogen-bond donors (Lipinski definition) is 0. The quantitative estimate of drug-likeness (QED) is 0.272. The van der Waals surface area contributed by atoms with Crippen LogP contribution in [0.5, 0.6) is 5.75 Å². The van der Waals surface area contributed by atoms with Gasteiger partial charge in [0.25, 0.3) is 5.69 Å². The molecule has 0 fully saturated rings. The fraction of sp³-hybridized carbons (Fsp3) is 0.200. The number of fused-ring (bicyclic) bond motifs is 1. The van der Waals surface area contributed by atoms with Gasteiger partial charge in [0.1, 0.15) is 17.9 Å². The second kappa shape index (κ2) is 8.22. The summed E-state index contributed by atoms with van der Waals surface area (Å²) in [6.45, 7) is 3.21. The van der Waals surface area contributed by atoms with Crippen LogP contribution in [-0.4, -0.2) is 23.3 Å². The van der Waals surface area contributed by atoms with E-state index in [9.17, 15) is 14.8 Å². The summed E-state index contributed by atoms with van der Waals surface area (Å²) in [5.41, 5.74) is 0.766. The number of carbonyl (C=O) groups excluding carboxylic acids is 2. The average molecular weight is 401 g/mol. The van der Waals surface area contributed by atoms with Crippen LogP contribution in [0, 0.1) is 5.21 Å². The van der Waals surface area contributed by atoms with Crippen molar-refractivity contribution in [1.82, 2.24) is 4.98 Å². The maximum absolute atomic E-state index is 12.7. The van der Waals surface area contributed by atoms with Crippen molar-refractivity contribution >= 4 is 34.4 Å². The Morgan fingerprint density at radius 1 is 1.18 bits per heavy atom. The summed E-state index contributed by atoms with van der Waals surface area (Å²) in [6, 6.07) is 11.0. The molecule has 0 atom stereocenters. The number of ether oxygens (including phenoxy) is 2. The van der Waals surface area contributed by atoms with E-state index in [1.165, 1.54) is 25.1 Å². The van der Waals surface area contributed by atoms with Crippen molar-refractivity contribution in [3.8, 4) is 5.75 Å². The molecule has 0 aliphatic rings. The number of rotatable bonds is 6. The van der Waals surface area contributed by atoms with Crippen molar-refractivity contribution in [2.75, 3.05) is 6.61 Å². The number of hydrogen-bond acceptors (Lipinski definition) is 6. The molecule has 7 nitrogen and oxygen atoms in total. The molecule has 0 saturated carbocycles. The second-order valence-electron chi connectivity index (χ2n) is 5.92. The Labute approximate surface area is 166 Å². The van der Waals surface area contributed by atoms with Gasteiger partial charge in [0.05, 0.1) is 18.2 Å². The molecule has 28 heavy (non-hydrogen) atoms. The first-order valence-electron chi connectivity index (χ1n) is 8.53. The molecule has 0 bridgehead atoms. The van der Waals surface area contributed by atoms with E-state index in [0.717, 1.165) is 0 Å². The van der Waals surface area contributed by atoms with Gasteiger partial charge in [0.2, 0.25) is 11.3 Å². The standard InChI is InChI=1S/C20H17ClN2O5/c1-3-27-15-8-9-16-18(10-15)23(26)19(12(2)24)17(22-16)11-28-20(25)13-4-6-14(21)7-5-13/h4-10H,3,11H2,1-2H3. The van der Waals surface area contributed by atoms with Crippen LogP contribution in [0.1, 0.15) is 40.4 Å². The summed E-state index contributed by atoms with van der Waals surface area (Å²) in [6.07, 6.45) is 0. The lowest BCUT2D eigenvalue weighted by molar-refractivity contribution is -0.580. The van der Waals surface area contributed by atoms with Crippen molar-refractivity contribution in [1.29, 1.82) is 0 Å². The fourth-order valence-corrected chi connectivity index (χ4v) is 2.83. The summed E-state index contributed by atoms with van der Waals surface area (Å²) in [7, 11) is 0. The number of ketones is 1. The highest BCUT2D eigenvalue weighted by molar-refractivity contribution is 6.30. The summed E-state index contributed by atoms with van der Waals surface area (Å²) in [5.74, 6) is -0.598. The van der Waals surface area contributed by atoms with Gasteiger partial charge in [-0.15, -0.1) is 0 Å². The molecular formula is C20H17ClN2O5. The molecule has 3 aromatic rings. The van der Waals surface area contributed by atoms with E-state index in [1.807, 2.05) is 6.92 Å². The zero-order chi connectivity index (χ0) is 20.3. The van der Waals surface area contributed by atoms with E-state index in [0.29, 0.717) is 33.2 Å². The van der Waals surface area contributed by atoms with Gasteiger partial charge in [-0.2, -0.15) is 4.73 Å². The summed E-state index contributed by atoms with van der Waals surface area (Å²) >= 11 is 5.80. The van der Waals surface area contributed by atoms with Gasteiger partial charge in [-0.05, 0) is 43.3 Å². The van der Waals surface area contributed by atoms with Crippen LogP contribution >= 0.6 is 11.6 Å². The third-order valence-electron chi connectivity index (χ3n) is 3.96. The van der Waals surface area contributed by atoms with Gasteiger partial charge >= 0.3 is 5.97 Å². The fourth-order valence-electron chi connectivity index (χ4n) is 2.70. The minimum atomic E-state index is -0.614. The molecule has 0 aliphatic heterocycles. The summed E-state index contributed by atoms with van der Waals surface area (Å²) in [5, 5.41) is 13.2. The molecule has 0 spiro atoms. The number of benzene rings is 2. The predicted molar refractivity (Wildman–Crippen MR) is 102 cm³/mol. The Morgan fingerprint density at radius 3 is 2.54 bits per heavy atom. The normalized spacial score (nSPS) is 10.7. The van der Waals surface area contributed by atoms with E-state index in [1.54, 1.807) is 24.3 Å². The minimum Gasteiger partial charge on any atom is -0.618 e.